The monoisotopic (exact) mass is 574 g/mol. The summed E-state index contributed by atoms with van der Waals surface area (Å²) in [5.74, 6) is -2.28. The number of hydrogen-bond donors (Lipinski definition) is 3. The lowest BCUT2D eigenvalue weighted by Crippen LogP contribution is -2.48. The van der Waals surface area contributed by atoms with Crippen molar-refractivity contribution >= 4 is 17.8 Å². The number of carbonyl (C=O) groups excluding carboxylic acids is 2. The van der Waals surface area contributed by atoms with Crippen molar-refractivity contribution in [3.05, 3.63) is 110 Å². The van der Waals surface area contributed by atoms with Crippen LogP contribution in [0, 0.1) is 25.1 Å². The maximum absolute atomic E-state index is 14.1. The molecule has 42 heavy (non-hydrogen) atoms. The number of aromatic nitrogens is 2. The molecule has 3 N–H and O–H groups in total. The van der Waals surface area contributed by atoms with Gasteiger partial charge in [-0.25, -0.2) is 14.3 Å². The Hall–Kier alpha value is -4.60. The number of nitrogens with zero attached hydrogens (tertiary/aromatic N) is 2. The predicted octanol–water partition coefficient (Wildman–Crippen LogP) is 4.25. The van der Waals surface area contributed by atoms with Crippen LogP contribution < -0.4 is 10.9 Å². The summed E-state index contributed by atoms with van der Waals surface area (Å²) in [6.45, 7) is 7.07. The van der Waals surface area contributed by atoms with Crippen LogP contribution in [0.4, 0.5) is 4.39 Å². The van der Waals surface area contributed by atoms with Crippen molar-refractivity contribution in [2.24, 2.45) is 5.41 Å². The van der Waals surface area contributed by atoms with Crippen LogP contribution in [0.2, 0.25) is 0 Å². The Kier molecular flexibility index (Phi) is 9.04. The van der Waals surface area contributed by atoms with Gasteiger partial charge in [-0.15, -0.1) is 0 Å². The zero-order valence-corrected chi connectivity index (χ0v) is 24.1. The number of nitrogens with one attached hydrogen (secondary N) is 2. The molecule has 0 saturated carbocycles. The number of amides is 2. The summed E-state index contributed by atoms with van der Waals surface area (Å²) in [6.07, 6.45) is 4.17. The Morgan fingerprint density at radius 1 is 1.12 bits per heavy atom. The van der Waals surface area contributed by atoms with Gasteiger partial charge in [-0.3, -0.25) is 14.4 Å². The molecule has 1 fully saturated rings. The van der Waals surface area contributed by atoms with Crippen molar-refractivity contribution in [2.75, 3.05) is 6.54 Å². The summed E-state index contributed by atoms with van der Waals surface area (Å²) >= 11 is 0. The Morgan fingerprint density at radius 3 is 2.57 bits per heavy atom. The molecular formula is C32H35FN4O5. The first kappa shape index (κ1) is 30.4. The highest BCUT2D eigenvalue weighted by atomic mass is 19.1. The molecule has 1 aliphatic rings. The van der Waals surface area contributed by atoms with Crippen LogP contribution in [0.3, 0.4) is 0 Å². The number of rotatable bonds is 9. The van der Waals surface area contributed by atoms with Crippen LogP contribution in [-0.4, -0.2) is 50.6 Å². The first-order valence-electron chi connectivity index (χ1n) is 13.8. The fraction of sp³-hybridized carbons (Fsp3) is 0.344. The normalized spacial score (nSPS) is 17.0. The Labute approximate surface area is 243 Å². The molecule has 0 aliphatic carbocycles. The van der Waals surface area contributed by atoms with Crippen molar-refractivity contribution in [2.45, 2.75) is 59.0 Å². The molecule has 0 radical (unpaired) electrons. The van der Waals surface area contributed by atoms with E-state index < -0.39 is 29.2 Å². The number of aromatic amines is 1. The van der Waals surface area contributed by atoms with E-state index in [-0.39, 0.29) is 24.1 Å². The number of benzene rings is 2. The molecule has 0 bridgehead atoms. The minimum absolute atomic E-state index is 0.265. The van der Waals surface area contributed by atoms with Crippen molar-refractivity contribution in [1.29, 1.82) is 0 Å². The maximum Gasteiger partial charge on any atom is 0.327 e. The number of aliphatic carboxylic acids is 1. The summed E-state index contributed by atoms with van der Waals surface area (Å²) in [5.41, 5.74) is 3.03. The van der Waals surface area contributed by atoms with E-state index in [9.17, 15) is 23.6 Å². The van der Waals surface area contributed by atoms with E-state index >= 15 is 0 Å². The van der Waals surface area contributed by atoms with E-state index in [1.54, 1.807) is 54.3 Å². The van der Waals surface area contributed by atoms with Crippen LogP contribution in [-0.2, 0) is 16.0 Å². The van der Waals surface area contributed by atoms with Gasteiger partial charge >= 0.3 is 5.97 Å². The molecule has 0 spiro atoms. The third-order valence-corrected chi connectivity index (χ3v) is 7.82. The highest BCUT2D eigenvalue weighted by Gasteiger charge is 2.44. The molecule has 2 amide bonds. The number of carboxylic acid groups (broad SMARTS) is 1. The van der Waals surface area contributed by atoms with Gasteiger partial charge < -0.3 is 15.3 Å². The second kappa shape index (κ2) is 12.5. The molecule has 3 aromatic rings. The SMILES string of the molecule is Cc1cc(Cc2ccc(C(=O)NCC(=O)N3[C@H](c4cccc(F)c4)CC[C@@H]3C(C)(C)/C=C/C(=O)O)cc2C)c(=O)[nH]n1. The van der Waals surface area contributed by atoms with Crippen molar-refractivity contribution in [1.82, 2.24) is 20.4 Å². The maximum atomic E-state index is 14.1. The number of carbonyl (C=O) groups is 3. The molecule has 9 nitrogen and oxygen atoms in total. The van der Waals surface area contributed by atoms with E-state index in [0.29, 0.717) is 41.6 Å². The topological polar surface area (TPSA) is 132 Å². The second-order valence-electron chi connectivity index (χ2n) is 11.3. The molecule has 2 heterocycles. The van der Waals surface area contributed by atoms with Gasteiger partial charge in [0.05, 0.1) is 18.3 Å². The molecule has 220 valence electrons. The minimum atomic E-state index is -1.09. The molecule has 1 saturated heterocycles. The fourth-order valence-electron chi connectivity index (χ4n) is 5.61. The Balaban J connectivity index is 1.51. The van der Waals surface area contributed by atoms with Crippen LogP contribution in [0.5, 0.6) is 0 Å². The average molecular weight is 575 g/mol. The summed E-state index contributed by atoms with van der Waals surface area (Å²) in [5, 5.41) is 18.3. The van der Waals surface area contributed by atoms with Gasteiger partial charge in [-0.05, 0) is 73.7 Å². The van der Waals surface area contributed by atoms with Gasteiger partial charge in [-0.2, -0.15) is 5.10 Å². The average Bonchev–Trinajstić information content (AvgIpc) is 3.40. The second-order valence-corrected chi connectivity index (χ2v) is 11.3. The molecule has 4 rings (SSSR count). The standard InChI is InChI=1S/C32H35FN4O5/c1-19-14-23(9-8-21(19)16-24-15-20(2)35-36-31(24)42)30(41)34-18-28(38)37-26(22-6-5-7-25(33)17-22)10-11-27(37)32(3,4)13-12-29(39)40/h5-9,12-15,17,26-27H,10-11,16,18H2,1-4H3,(H,34,41)(H,36,42)(H,39,40)/b13-12+/t26-,27+/m0/s1. The first-order valence-corrected chi connectivity index (χ1v) is 13.8. The quantitative estimate of drug-likeness (QED) is 0.328. The van der Waals surface area contributed by atoms with Gasteiger partial charge in [0.15, 0.2) is 0 Å². The largest absolute Gasteiger partial charge is 0.478 e. The molecule has 1 aliphatic heterocycles. The lowest BCUT2D eigenvalue weighted by molar-refractivity contribution is -0.134. The number of H-pyrrole nitrogens is 1. The third kappa shape index (κ3) is 6.99. The lowest BCUT2D eigenvalue weighted by Gasteiger charge is -2.38. The van der Waals surface area contributed by atoms with E-state index in [1.807, 2.05) is 20.8 Å². The smallest absolute Gasteiger partial charge is 0.327 e. The van der Waals surface area contributed by atoms with E-state index in [0.717, 1.165) is 17.2 Å². The number of likely N-dealkylation sites (tertiary alicyclic amines) is 1. The van der Waals surface area contributed by atoms with E-state index in [2.05, 4.69) is 15.5 Å². The first-order chi connectivity index (χ1) is 19.9. The summed E-state index contributed by atoms with van der Waals surface area (Å²) in [4.78, 5) is 51.7. The van der Waals surface area contributed by atoms with Gasteiger partial charge in [0, 0.05) is 35.1 Å². The van der Waals surface area contributed by atoms with Crippen molar-refractivity contribution < 1.29 is 23.9 Å². The molecule has 2 atom stereocenters. The predicted molar refractivity (Wildman–Crippen MR) is 155 cm³/mol. The number of hydrogen-bond acceptors (Lipinski definition) is 5. The fourth-order valence-corrected chi connectivity index (χ4v) is 5.61. The van der Waals surface area contributed by atoms with Crippen molar-refractivity contribution in [3.63, 3.8) is 0 Å². The zero-order valence-electron chi connectivity index (χ0n) is 24.1. The van der Waals surface area contributed by atoms with E-state index in [4.69, 9.17) is 5.11 Å². The number of halogens is 1. The summed E-state index contributed by atoms with van der Waals surface area (Å²) < 4.78 is 14.1. The van der Waals surface area contributed by atoms with Gasteiger partial charge in [-0.1, -0.05) is 38.1 Å². The number of aryl methyl sites for hydroxylation is 2. The van der Waals surface area contributed by atoms with Crippen molar-refractivity contribution in [3.8, 4) is 0 Å². The number of carboxylic acids is 1. The van der Waals surface area contributed by atoms with Gasteiger partial charge in [0.2, 0.25) is 5.91 Å². The Morgan fingerprint density at radius 2 is 1.88 bits per heavy atom. The molecule has 2 aromatic carbocycles. The molecule has 1 aromatic heterocycles. The molecular weight excluding hydrogens is 539 g/mol. The molecule has 0 unspecified atom stereocenters. The summed E-state index contributed by atoms with van der Waals surface area (Å²) in [7, 11) is 0. The summed E-state index contributed by atoms with van der Waals surface area (Å²) in [6, 6.07) is 12.2. The minimum Gasteiger partial charge on any atom is -0.478 e. The molecule has 10 heteroatoms. The third-order valence-electron chi connectivity index (χ3n) is 7.82. The van der Waals surface area contributed by atoms with E-state index in [1.165, 1.54) is 12.1 Å². The lowest BCUT2D eigenvalue weighted by atomic mass is 9.82. The zero-order chi connectivity index (χ0) is 30.6. The van der Waals surface area contributed by atoms with Crippen LogP contribution in [0.1, 0.15) is 71.0 Å². The van der Waals surface area contributed by atoms with Crippen LogP contribution in [0.25, 0.3) is 0 Å². The highest BCUT2D eigenvalue weighted by molar-refractivity contribution is 5.96. The highest BCUT2D eigenvalue weighted by Crippen LogP contribution is 2.44. The Bertz CT molecular complexity index is 1600. The van der Waals surface area contributed by atoms with Gasteiger partial charge in [0.25, 0.3) is 11.5 Å². The van der Waals surface area contributed by atoms with Gasteiger partial charge in [0.1, 0.15) is 5.82 Å². The van der Waals surface area contributed by atoms with Crippen LogP contribution in [0.15, 0.2) is 65.5 Å². The van der Waals surface area contributed by atoms with Crippen LogP contribution >= 0.6 is 0 Å².